The summed E-state index contributed by atoms with van der Waals surface area (Å²) in [4.78, 5) is 0. The van der Waals surface area contributed by atoms with Crippen LogP contribution in [0.3, 0.4) is 0 Å². The molecule has 0 nitrogen and oxygen atoms in total. The van der Waals surface area contributed by atoms with E-state index in [0.717, 1.165) is 11.1 Å². The van der Waals surface area contributed by atoms with Crippen LogP contribution in [0.1, 0.15) is 0 Å². The fourth-order valence-electron chi connectivity index (χ4n) is 4.93. The van der Waals surface area contributed by atoms with Crippen LogP contribution in [0.4, 0.5) is 0 Å². The van der Waals surface area contributed by atoms with Gasteiger partial charge < -0.3 is 0 Å². The molecule has 0 aromatic heterocycles. The fraction of sp³-hybridized carbons (Fsp3) is 0.154. The van der Waals surface area contributed by atoms with Crippen molar-refractivity contribution in [1.29, 1.82) is 0 Å². The molecular weight excluding hydrogens is 312 g/mol. The molecule has 0 unspecified atom stereocenters. The second kappa shape index (κ2) is 7.17. The Morgan fingerprint density at radius 2 is 0.615 bits per heavy atom. The molecule has 134 valence electrons. The van der Waals surface area contributed by atoms with Crippen LogP contribution >= 0.6 is 0 Å². The van der Waals surface area contributed by atoms with Gasteiger partial charge in [0.15, 0.2) is 0 Å². The number of hydrogen-bond donors (Lipinski definition) is 0. The Labute approximate surface area is 159 Å². The van der Waals surface area contributed by atoms with Crippen molar-refractivity contribution in [2.24, 2.45) is 21.7 Å². The van der Waals surface area contributed by atoms with Crippen LogP contribution < -0.4 is 0 Å². The monoisotopic (exact) mass is 342 g/mol. The van der Waals surface area contributed by atoms with E-state index >= 15 is 0 Å². The number of allylic oxidation sites excluding steroid dienone is 12. The van der Waals surface area contributed by atoms with Crippen molar-refractivity contribution in [2.75, 3.05) is 0 Å². The maximum Gasteiger partial charge on any atom is 0.0447 e. The van der Waals surface area contributed by atoms with Crippen LogP contribution in [-0.4, -0.2) is 0 Å². The smallest absolute Gasteiger partial charge is 0.0447 e. The summed E-state index contributed by atoms with van der Waals surface area (Å²) in [5.41, 5.74) is -1.27. The molecule has 1 aliphatic rings. The molecule has 1 rings (SSSR count). The van der Waals surface area contributed by atoms with E-state index < -0.39 is 21.7 Å². The first-order chi connectivity index (χ1) is 12.4. The minimum absolute atomic E-state index is 0.750. The van der Waals surface area contributed by atoms with Crippen LogP contribution in [0.5, 0.6) is 0 Å². The highest BCUT2D eigenvalue weighted by Gasteiger charge is 2.67. The van der Waals surface area contributed by atoms with E-state index in [4.69, 9.17) is 0 Å². The SMILES string of the molecule is C=CC1=C(C=C)C(C=C)(C=C)C(C=C)(C=C)C(C=C)(C=C)C1(C=C)C=C. The molecule has 0 aliphatic heterocycles. The summed E-state index contributed by atoms with van der Waals surface area (Å²) < 4.78 is 0. The average molecular weight is 343 g/mol. The Bertz CT molecular complexity index is 651. The van der Waals surface area contributed by atoms with Gasteiger partial charge in [0.05, 0.1) is 0 Å². The van der Waals surface area contributed by atoms with Crippen molar-refractivity contribution in [3.8, 4) is 0 Å². The molecule has 0 radical (unpaired) electrons. The quantitative estimate of drug-likeness (QED) is 0.371. The molecule has 0 heterocycles. The first kappa shape index (κ1) is 21.2. The van der Waals surface area contributed by atoms with Crippen LogP contribution in [0, 0.1) is 21.7 Å². The molecule has 0 N–H and O–H groups in total. The van der Waals surface area contributed by atoms with Gasteiger partial charge in [-0.1, -0.05) is 73.9 Å². The standard InChI is InChI=1S/C26H30/c1-11-21-22(12-2)24(15-5,16-6)26(19-9,20-10)25(17-7,18-8)23(21,13-3)14-4/h11-20H,1-10H2. The van der Waals surface area contributed by atoms with Gasteiger partial charge in [0.1, 0.15) is 0 Å². The lowest BCUT2D eigenvalue weighted by Crippen LogP contribution is -2.60. The van der Waals surface area contributed by atoms with Crippen LogP contribution in [-0.2, 0) is 0 Å². The summed E-state index contributed by atoms with van der Waals surface area (Å²) in [6.45, 7) is 41.2. The third kappa shape index (κ3) is 1.85. The predicted octanol–water partition coefficient (Wildman–Crippen LogP) is 7.10. The molecule has 0 atom stereocenters. The Morgan fingerprint density at radius 1 is 0.385 bits per heavy atom. The third-order valence-electron chi connectivity index (χ3n) is 6.22. The lowest BCUT2D eigenvalue weighted by atomic mass is 9.36. The highest BCUT2D eigenvalue weighted by molar-refractivity contribution is 5.62. The van der Waals surface area contributed by atoms with E-state index in [2.05, 4.69) is 65.8 Å². The molecule has 1 aliphatic carbocycles. The zero-order chi connectivity index (χ0) is 20.2. The van der Waals surface area contributed by atoms with Crippen molar-refractivity contribution >= 4 is 0 Å². The fourth-order valence-corrected chi connectivity index (χ4v) is 4.93. The van der Waals surface area contributed by atoms with Gasteiger partial charge in [-0.2, -0.15) is 0 Å². The highest BCUT2D eigenvalue weighted by atomic mass is 14.7. The van der Waals surface area contributed by atoms with Gasteiger partial charge in [0.25, 0.3) is 0 Å². The summed E-state index contributed by atoms with van der Waals surface area (Å²) in [6.07, 6.45) is 18.4. The Hall–Kier alpha value is -2.86. The van der Waals surface area contributed by atoms with E-state index in [1.54, 1.807) is 12.2 Å². The molecule has 0 spiro atoms. The number of rotatable bonds is 10. The van der Waals surface area contributed by atoms with Crippen LogP contribution in [0.2, 0.25) is 0 Å². The van der Waals surface area contributed by atoms with Gasteiger partial charge in [0, 0.05) is 21.7 Å². The molecule has 26 heavy (non-hydrogen) atoms. The summed E-state index contributed by atoms with van der Waals surface area (Å²) in [5, 5.41) is 0. The lowest BCUT2D eigenvalue weighted by molar-refractivity contribution is 0.0784. The molecule has 0 heteroatoms. The molecule has 0 bridgehead atoms. The zero-order valence-corrected chi connectivity index (χ0v) is 15.8. The van der Waals surface area contributed by atoms with Gasteiger partial charge in [-0.05, 0) is 11.1 Å². The van der Waals surface area contributed by atoms with E-state index in [-0.39, 0.29) is 0 Å². The van der Waals surface area contributed by atoms with Gasteiger partial charge in [0.2, 0.25) is 0 Å². The van der Waals surface area contributed by atoms with E-state index in [0.29, 0.717) is 0 Å². The largest absolute Gasteiger partial charge is 0.102 e. The summed E-state index contributed by atoms with van der Waals surface area (Å²) in [6, 6.07) is 0. The first-order valence-electron chi connectivity index (χ1n) is 8.47. The Balaban J connectivity index is 4.65. The summed E-state index contributed by atoms with van der Waals surface area (Å²) in [7, 11) is 0. The lowest BCUT2D eigenvalue weighted by Gasteiger charge is -2.65. The molecule has 0 fully saturated rings. The van der Waals surface area contributed by atoms with Crippen LogP contribution in [0.15, 0.2) is 138 Å². The predicted molar refractivity (Wildman–Crippen MR) is 119 cm³/mol. The third-order valence-corrected chi connectivity index (χ3v) is 6.22. The van der Waals surface area contributed by atoms with Crippen molar-refractivity contribution in [2.45, 2.75) is 0 Å². The first-order valence-corrected chi connectivity index (χ1v) is 8.47. The average Bonchev–Trinajstić information content (AvgIpc) is 2.70. The Morgan fingerprint density at radius 3 is 0.731 bits per heavy atom. The van der Waals surface area contributed by atoms with Gasteiger partial charge in [-0.15, -0.1) is 52.6 Å². The number of hydrogen-bond acceptors (Lipinski definition) is 0. The minimum Gasteiger partial charge on any atom is -0.102 e. The van der Waals surface area contributed by atoms with Crippen molar-refractivity contribution in [3.63, 3.8) is 0 Å². The van der Waals surface area contributed by atoms with Gasteiger partial charge in [-0.3, -0.25) is 0 Å². The normalized spacial score (nSPS) is 21.4. The van der Waals surface area contributed by atoms with Crippen molar-refractivity contribution in [1.82, 2.24) is 0 Å². The molecule has 0 saturated heterocycles. The second-order valence-corrected chi connectivity index (χ2v) is 6.34. The van der Waals surface area contributed by atoms with Gasteiger partial charge >= 0.3 is 0 Å². The van der Waals surface area contributed by atoms with Crippen molar-refractivity contribution < 1.29 is 0 Å². The minimum atomic E-state index is -0.786. The summed E-state index contributed by atoms with van der Waals surface area (Å²) >= 11 is 0. The summed E-state index contributed by atoms with van der Waals surface area (Å²) in [5.74, 6) is 0. The molecule has 0 aromatic rings. The van der Waals surface area contributed by atoms with E-state index in [9.17, 15) is 0 Å². The van der Waals surface area contributed by atoms with E-state index in [1.165, 1.54) is 0 Å². The molecule has 0 saturated carbocycles. The Kier molecular flexibility index (Phi) is 5.84. The molecular formula is C26H30. The highest BCUT2D eigenvalue weighted by Crippen LogP contribution is 2.72. The second-order valence-electron chi connectivity index (χ2n) is 6.34. The topological polar surface area (TPSA) is 0 Å². The van der Waals surface area contributed by atoms with E-state index in [1.807, 2.05) is 48.6 Å². The maximum atomic E-state index is 4.15. The molecule has 0 amide bonds. The zero-order valence-electron chi connectivity index (χ0n) is 15.8. The van der Waals surface area contributed by atoms with Crippen molar-refractivity contribution in [3.05, 3.63) is 138 Å². The maximum absolute atomic E-state index is 4.15. The van der Waals surface area contributed by atoms with Crippen LogP contribution in [0.25, 0.3) is 0 Å². The van der Waals surface area contributed by atoms with Gasteiger partial charge in [-0.25, -0.2) is 0 Å². The molecule has 0 aromatic carbocycles.